The van der Waals surface area contributed by atoms with Crippen molar-refractivity contribution in [1.29, 1.82) is 0 Å². The van der Waals surface area contributed by atoms with Gasteiger partial charge < -0.3 is 10.6 Å². The van der Waals surface area contributed by atoms with Gasteiger partial charge in [-0.1, -0.05) is 13.8 Å². The Labute approximate surface area is 95.5 Å². The Balaban J connectivity index is 2.35. The number of nitrogens with one attached hydrogen (secondary N) is 2. The van der Waals surface area contributed by atoms with Gasteiger partial charge in [0.05, 0.1) is 5.69 Å². The number of amides is 1. The Hall–Kier alpha value is -1.58. The number of pyridine rings is 1. The lowest BCUT2D eigenvalue weighted by molar-refractivity contribution is -0.116. The van der Waals surface area contributed by atoms with Gasteiger partial charge in [-0.3, -0.25) is 4.79 Å². The van der Waals surface area contributed by atoms with Gasteiger partial charge in [-0.15, -0.1) is 0 Å². The smallest absolute Gasteiger partial charge is 0.226 e. The molecule has 4 nitrogen and oxygen atoms in total. The molecule has 86 valence electrons. The summed E-state index contributed by atoms with van der Waals surface area (Å²) in [5, 5.41) is 6.21. The number of carbonyl (C=O) groups excluding carboxylic acids is 1. The van der Waals surface area contributed by atoms with Crippen LogP contribution in [0, 0.1) is 12.8 Å². The Kier molecular flexibility index (Phi) is 2.81. The van der Waals surface area contributed by atoms with Crippen LogP contribution in [-0.4, -0.2) is 16.9 Å². The summed E-state index contributed by atoms with van der Waals surface area (Å²) >= 11 is 0. The average Bonchev–Trinajstić information content (AvgIpc) is 2.35. The van der Waals surface area contributed by atoms with Crippen LogP contribution in [0.1, 0.15) is 25.8 Å². The minimum atomic E-state index is 0.0531. The molecule has 0 bridgehead atoms. The van der Waals surface area contributed by atoms with Gasteiger partial charge in [-0.25, -0.2) is 4.98 Å². The van der Waals surface area contributed by atoms with E-state index in [4.69, 9.17) is 0 Å². The fraction of sp³-hybridized carbons (Fsp3) is 0.500. The third-order valence-electron chi connectivity index (χ3n) is 2.83. The van der Waals surface area contributed by atoms with Crippen molar-refractivity contribution in [2.45, 2.75) is 33.2 Å². The predicted octanol–water partition coefficient (Wildman–Crippen LogP) is 2.17. The van der Waals surface area contributed by atoms with Gasteiger partial charge in [0.2, 0.25) is 5.91 Å². The van der Waals surface area contributed by atoms with Gasteiger partial charge in [0.1, 0.15) is 5.82 Å². The third-order valence-corrected chi connectivity index (χ3v) is 2.83. The molecular weight excluding hydrogens is 202 g/mol. The van der Waals surface area contributed by atoms with Crippen LogP contribution in [-0.2, 0) is 4.79 Å². The predicted molar refractivity (Wildman–Crippen MR) is 64.5 cm³/mol. The average molecular weight is 219 g/mol. The standard InChI is InChI=1S/C12H17N3O/c1-7(2)9-5-11(16)14-10-4-8(3)6-13-12(10)15-9/h4,6-7,9H,5H2,1-3H3,(H,13,15)(H,14,16). The van der Waals surface area contributed by atoms with Gasteiger partial charge in [0.15, 0.2) is 0 Å². The van der Waals surface area contributed by atoms with Crippen LogP contribution in [0.2, 0.25) is 0 Å². The summed E-state index contributed by atoms with van der Waals surface area (Å²) in [5.74, 6) is 1.23. The topological polar surface area (TPSA) is 54.0 Å². The lowest BCUT2D eigenvalue weighted by Crippen LogP contribution is -2.28. The fourth-order valence-corrected chi connectivity index (χ4v) is 1.81. The van der Waals surface area contributed by atoms with E-state index in [9.17, 15) is 4.79 Å². The van der Waals surface area contributed by atoms with Crippen molar-refractivity contribution in [1.82, 2.24) is 4.98 Å². The second kappa shape index (κ2) is 4.12. The van der Waals surface area contributed by atoms with Gasteiger partial charge >= 0.3 is 0 Å². The molecule has 0 saturated carbocycles. The van der Waals surface area contributed by atoms with Crippen LogP contribution in [0.25, 0.3) is 0 Å². The Morgan fingerprint density at radius 2 is 2.25 bits per heavy atom. The van der Waals surface area contributed by atoms with E-state index in [1.54, 1.807) is 6.20 Å². The Bertz CT molecular complexity index is 415. The van der Waals surface area contributed by atoms with Crippen LogP contribution in [0.15, 0.2) is 12.3 Å². The zero-order valence-electron chi connectivity index (χ0n) is 9.87. The van der Waals surface area contributed by atoms with Gasteiger partial charge in [0, 0.05) is 18.7 Å². The number of fused-ring (bicyclic) bond motifs is 1. The molecule has 16 heavy (non-hydrogen) atoms. The van der Waals surface area contributed by atoms with Crippen molar-refractivity contribution < 1.29 is 4.79 Å². The molecule has 1 atom stereocenters. The highest BCUT2D eigenvalue weighted by atomic mass is 16.1. The molecule has 1 aromatic rings. The molecule has 1 unspecified atom stereocenters. The summed E-state index contributed by atoms with van der Waals surface area (Å²) in [6, 6.07) is 2.09. The molecule has 1 aliphatic heterocycles. The number of aromatic nitrogens is 1. The van der Waals surface area contributed by atoms with Crippen LogP contribution in [0.3, 0.4) is 0 Å². The van der Waals surface area contributed by atoms with Crippen molar-refractivity contribution in [2.24, 2.45) is 5.92 Å². The largest absolute Gasteiger partial charge is 0.365 e. The number of rotatable bonds is 1. The zero-order valence-corrected chi connectivity index (χ0v) is 9.87. The molecule has 1 aliphatic rings. The first-order valence-corrected chi connectivity index (χ1v) is 5.59. The van der Waals surface area contributed by atoms with E-state index in [-0.39, 0.29) is 11.9 Å². The van der Waals surface area contributed by atoms with Crippen LogP contribution >= 0.6 is 0 Å². The van der Waals surface area contributed by atoms with Gasteiger partial charge in [0.25, 0.3) is 0 Å². The van der Waals surface area contributed by atoms with Crippen LogP contribution in [0.4, 0.5) is 11.5 Å². The maximum absolute atomic E-state index is 11.7. The summed E-state index contributed by atoms with van der Waals surface area (Å²) in [6.45, 7) is 6.17. The second-order valence-corrected chi connectivity index (χ2v) is 4.66. The van der Waals surface area contributed by atoms with E-state index in [1.807, 2.05) is 13.0 Å². The molecular formula is C12H17N3O. The van der Waals surface area contributed by atoms with Crippen LogP contribution in [0.5, 0.6) is 0 Å². The zero-order chi connectivity index (χ0) is 11.7. The fourth-order valence-electron chi connectivity index (χ4n) is 1.81. The molecule has 0 saturated heterocycles. The highest BCUT2D eigenvalue weighted by molar-refractivity contribution is 5.95. The number of nitrogens with zero attached hydrogens (tertiary/aromatic N) is 1. The quantitative estimate of drug-likeness (QED) is 0.761. The minimum absolute atomic E-state index is 0.0531. The highest BCUT2D eigenvalue weighted by Crippen LogP contribution is 2.26. The Morgan fingerprint density at radius 3 is 2.94 bits per heavy atom. The van der Waals surface area contributed by atoms with Crippen molar-refractivity contribution in [2.75, 3.05) is 10.6 Å². The first-order valence-electron chi connectivity index (χ1n) is 5.59. The van der Waals surface area contributed by atoms with E-state index in [0.717, 1.165) is 17.1 Å². The summed E-state index contributed by atoms with van der Waals surface area (Å²) in [4.78, 5) is 16.0. The van der Waals surface area contributed by atoms with E-state index >= 15 is 0 Å². The maximum atomic E-state index is 11.7. The molecule has 0 fully saturated rings. The first-order chi connectivity index (χ1) is 7.56. The number of aryl methyl sites for hydroxylation is 1. The molecule has 0 aromatic carbocycles. The van der Waals surface area contributed by atoms with E-state index in [0.29, 0.717) is 12.3 Å². The molecule has 4 heteroatoms. The summed E-state index contributed by atoms with van der Waals surface area (Å²) in [6.07, 6.45) is 2.30. The SMILES string of the molecule is Cc1cnc2c(c1)NC(=O)CC(C(C)C)N2. The minimum Gasteiger partial charge on any atom is -0.365 e. The lowest BCUT2D eigenvalue weighted by Gasteiger charge is -2.19. The molecule has 2 heterocycles. The third kappa shape index (κ3) is 2.15. The van der Waals surface area contributed by atoms with E-state index < -0.39 is 0 Å². The molecule has 1 amide bonds. The molecule has 0 aliphatic carbocycles. The molecule has 2 rings (SSSR count). The monoisotopic (exact) mass is 219 g/mol. The van der Waals surface area contributed by atoms with Crippen molar-refractivity contribution in [3.05, 3.63) is 17.8 Å². The van der Waals surface area contributed by atoms with Gasteiger partial charge in [-0.05, 0) is 24.5 Å². The number of hydrogen-bond donors (Lipinski definition) is 2. The summed E-state index contributed by atoms with van der Waals surface area (Å²) in [5.41, 5.74) is 1.83. The van der Waals surface area contributed by atoms with Gasteiger partial charge in [-0.2, -0.15) is 0 Å². The first kappa shape index (κ1) is 10.9. The van der Waals surface area contributed by atoms with E-state index in [1.165, 1.54) is 0 Å². The molecule has 0 radical (unpaired) electrons. The Morgan fingerprint density at radius 1 is 1.50 bits per heavy atom. The number of anilines is 2. The number of hydrogen-bond acceptors (Lipinski definition) is 3. The summed E-state index contributed by atoms with van der Waals surface area (Å²) in [7, 11) is 0. The maximum Gasteiger partial charge on any atom is 0.226 e. The van der Waals surface area contributed by atoms with Crippen LogP contribution < -0.4 is 10.6 Å². The molecule has 2 N–H and O–H groups in total. The van der Waals surface area contributed by atoms with Crippen molar-refractivity contribution >= 4 is 17.4 Å². The summed E-state index contributed by atoms with van der Waals surface area (Å²) < 4.78 is 0. The lowest BCUT2D eigenvalue weighted by atomic mass is 10.0. The second-order valence-electron chi connectivity index (χ2n) is 4.66. The van der Waals surface area contributed by atoms with E-state index in [2.05, 4.69) is 29.5 Å². The highest BCUT2D eigenvalue weighted by Gasteiger charge is 2.23. The number of carbonyl (C=O) groups is 1. The van der Waals surface area contributed by atoms with Crippen molar-refractivity contribution in [3.8, 4) is 0 Å². The molecule has 0 spiro atoms. The normalized spacial score (nSPS) is 19.8. The van der Waals surface area contributed by atoms with Crippen molar-refractivity contribution in [3.63, 3.8) is 0 Å². The molecule has 1 aromatic heterocycles.